The van der Waals surface area contributed by atoms with Gasteiger partial charge in [0.15, 0.2) is 5.69 Å². The fraction of sp³-hybridized carbons (Fsp3) is 0.714. The molecule has 0 saturated carbocycles. The molecule has 1 N–H and O–H groups in total. The number of carbonyl (C=O) groups is 1. The topological polar surface area (TPSA) is 63.8 Å². The van der Waals surface area contributed by atoms with Crippen LogP contribution in [0.25, 0.3) is 5.65 Å². The minimum atomic E-state index is -0.973. The minimum Gasteiger partial charge on any atom is -0.477 e. The Labute approximate surface area is 201 Å². The number of rotatable bonds is 16. The lowest BCUT2D eigenvalue weighted by molar-refractivity contribution is 0.0356. The minimum absolute atomic E-state index is 0.176. The number of hydrogen-bond acceptors (Lipinski definition) is 3. The van der Waals surface area contributed by atoms with Crippen molar-refractivity contribution in [3.63, 3.8) is 0 Å². The van der Waals surface area contributed by atoms with Crippen LogP contribution in [0.4, 0.5) is 0 Å². The van der Waals surface area contributed by atoms with Crippen molar-refractivity contribution in [1.82, 2.24) is 9.38 Å². The monoisotopic (exact) mass is 458 g/mol. The van der Waals surface area contributed by atoms with E-state index in [1.807, 2.05) is 12.1 Å². The second-order valence-electron chi connectivity index (χ2n) is 10.6. The van der Waals surface area contributed by atoms with E-state index in [0.717, 1.165) is 36.3 Å². The second kappa shape index (κ2) is 13.1. The van der Waals surface area contributed by atoms with E-state index in [4.69, 9.17) is 4.74 Å². The lowest BCUT2D eigenvalue weighted by Crippen LogP contribution is -2.38. The Balaban J connectivity index is 1.57. The van der Waals surface area contributed by atoms with Gasteiger partial charge in [-0.05, 0) is 47.6 Å². The van der Waals surface area contributed by atoms with Crippen molar-refractivity contribution >= 4 is 11.6 Å². The molecular weight excluding hydrogens is 412 g/mol. The number of carboxylic acid groups (broad SMARTS) is 1. The molecule has 0 aromatic carbocycles. The lowest BCUT2D eigenvalue weighted by atomic mass is 9.60. The number of hydrogen-bond donors (Lipinski definition) is 1. The largest absolute Gasteiger partial charge is 0.477 e. The second-order valence-corrected chi connectivity index (χ2v) is 10.6. The molecule has 0 unspecified atom stereocenters. The Bertz CT molecular complexity index is 832. The summed E-state index contributed by atoms with van der Waals surface area (Å²) in [5, 5.41) is 9.24. The van der Waals surface area contributed by atoms with Gasteiger partial charge in [-0.15, -0.1) is 0 Å². The highest BCUT2D eigenvalue weighted by atomic mass is 16.5. The first-order valence-corrected chi connectivity index (χ1v) is 13.0. The molecule has 2 rings (SSSR count). The molecular formula is C28H46N2O3. The number of aromatic carboxylic acids is 1. The highest BCUT2D eigenvalue weighted by Gasteiger charge is 2.39. The standard InChI is InChI=1S/C28H46N2O3/c1-21(2)28(22(3)4,23(5)6)16-12-10-8-7-9-11-13-17-33-20-24-14-15-26-29-18-25(27(31)32)30(26)19-24/h14-15,18-19,21-23H,7-13,16-17,20H2,1-6H3,(H,31,32). The van der Waals surface area contributed by atoms with E-state index in [9.17, 15) is 9.90 Å². The molecule has 0 radical (unpaired) electrons. The van der Waals surface area contributed by atoms with Crippen LogP contribution in [0.3, 0.4) is 0 Å². The average molecular weight is 459 g/mol. The Morgan fingerprint density at radius 1 is 0.939 bits per heavy atom. The molecule has 0 aliphatic rings. The first-order chi connectivity index (χ1) is 15.7. The van der Waals surface area contributed by atoms with E-state index in [2.05, 4.69) is 46.5 Å². The number of imidazole rings is 1. The van der Waals surface area contributed by atoms with Crippen LogP contribution in [0.2, 0.25) is 0 Å². The molecule has 0 bridgehead atoms. The van der Waals surface area contributed by atoms with Gasteiger partial charge in [-0.3, -0.25) is 4.40 Å². The highest BCUT2D eigenvalue weighted by Crippen LogP contribution is 2.47. The first kappa shape index (κ1) is 27.4. The van der Waals surface area contributed by atoms with E-state index in [1.165, 1.54) is 51.1 Å². The maximum atomic E-state index is 11.3. The number of nitrogens with zero attached hydrogens (tertiary/aromatic N) is 2. The third-order valence-electron chi connectivity index (χ3n) is 7.68. The summed E-state index contributed by atoms with van der Waals surface area (Å²) in [6.45, 7) is 15.7. The van der Waals surface area contributed by atoms with E-state index in [1.54, 1.807) is 10.6 Å². The van der Waals surface area contributed by atoms with Crippen LogP contribution < -0.4 is 0 Å². The third-order valence-corrected chi connectivity index (χ3v) is 7.68. The van der Waals surface area contributed by atoms with E-state index < -0.39 is 5.97 Å². The van der Waals surface area contributed by atoms with Crippen LogP contribution in [0.1, 0.15) is 109 Å². The molecule has 0 spiro atoms. The van der Waals surface area contributed by atoms with Crippen molar-refractivity contribution in [1.29, 1.82) is 0 Å². The number of ether oxygens (including phenoxy) is 1. The maximum Gasteiger partial charge on any atom is 0.354 e. The van der Waals surface area contributed by atoms with Crippen LogP contribution in [0.5, 0.6) is 0 Å². The number of fused-ring (bicyclic) bond motifs is 1. The van der Waals surface area contributed by atoms with Crippen LogP contribution in [-0.4, -0.2) is 27.1 Å². The maximum absolute atomic E-state index is 11.3. The SMILES string of the molecule is CC(C)C(CCCCCCCCCOCc1ccc2ncc(C(=O)O)n2c1)(C(C)C)C(C)C. The van der Waals surface area contributed by atoms with Gasteiger partial charge >= 0.3 is 5.97 Å². The van der Waals surface area contributed by atoms with Gasteiger partial charge in [0, 0.05) is 12.8 Å². The van der Waals surface area contributed by atoms with Gasteiger partial charge in [-0.2, -0.15) is 0 Å². The molecule has 33 heavy (non-hydrogen) atoms. The van der Waals surface area contributed by atoms with Crippen molar-refractivity contribution in [3.05, 3.63) is 35.8 Å². The van der Waals surface area contributed by atoms with Crippen molar-refractivity contribution < 1.29 is 14.6 Å². The summed E-state index contributed by atoms with van der Waals surface area (Å²) in [5.74, 6) is 1.23. The van der Waals surface area contributed by atoms with Crippen molar-refractivity contribution in [2.45, 2.75) is 99.5 Å². The predicted octanol–water partition coefficient (Wildman–Crippen LogP) is 7.62. The summed E-state index contributed by atoms with van der Waals surface area (Å²) in [6, 6.07) is 3.78. The zero-order valence-corrected chi connectivity index (χ0v) is 21.8. The third kappa shape index (κ3) is 7.30. The zero-order valence-electron chi connectivity index (χ0n) is 21.8. The molecule has 0 aliphatic carbocycles. The zero-order chi connectivity index (χ0) is 24.4. The molecule has 0 amide bonds. The van der Waals surface area contributed by atoms with Gasteiger partial charge in [0.1, 0.15) is 5.65 Å². The quantitative estimate of drug-likeness (QED) is 0.263. The van der Waals surface area contributed by atoms with E-state index >= 15 is 0 Å². The van der Waals surface area contributed by atoms with Crippen LogP contribution in [-0.2, 0) is 11.3 Å². The first-order valence-electron chi connectivity index (χ1n) is 13.0. The Hall–Kier alpha value is -1.88. The molecule has 2 aromatic rings. The summed E-state index contributed by atoms with van der Waals surface area (Å²) in [6.07, 6.45) is 13.4. The summed E-state index contributed by atoms with van der Waals surface area (Å²) >= 11 is 0. The fourth-order valence-corrected chi connectivity index (χ4v) is 5.84. The Morgan fingerprint density at radius 3 is 2.09 bits per heavy atom. The molecule has 0 saturated heterocycles. The van der Waals surface area contributed by atoms with Crippen LogP contribution in [0.15, 0.2) is 24.5 Å². The summed E-state index contributed by atoms with van der Waals surface area (Å²) in [7, 11) is 0. The molecule has 2 heterocycles. The van der Waals surface area contributed by atoms with Gasteiger partial charge in [0.05, 0.1) is 12.8 Å². The summed E-state index contributed by atoms with van der Waals surface area (Å²) < 4.78 is 7.42. The Morgan fingerprint density at radius 2 is 1.52 bits per heavy atom. The van der Waals surface area contributed by atoms with E-state index in [-0.39, 0.29) is 5.69 Å². The van der Waals surface area contributed by atoms with Crippen LogP contribution >= 0.6 is 0 Å². The number of aromatic nitrogens is 2. The smallest absolute Gasteiger partial charge is 0.354 e. The van der Waals surface area contributed by atoms with Gasteiger partial charge < -0.3 is 9.84 Å². The van der Waals surface area contributed by atoms with Crippen molar-refractivity contribution in [3.8, 4) is 0 Å². The normalized spacial score (nSPS) is 12.5. The van der Waals surface area contributed by atoms with Crippen molar-refractivity contribution in [2.24, 2.45) is 23.2 Å². The average Bonchev–Trinajstić information content (AvgIpc) is 3.17. The summed E-state index contributed by atoms with van der Waals surface area (Å²) in [4.78, 5) is 15.4. The Kier molecular flexibility index (Phi) is 10.9. The molecule has 0 aliphatic heterocycles. The molecule has 5 nitrogen and oxygen atoms in total. The van der Waals surface area contributed by atoms with Crippen LogP contribution in [0, 0.1) is 23.2 Å². The van der Waals surface area contributed by atoms with Crippen molar-refractivity contribution in [2.75, 3.05) is 6.61 Å². The van der Waals surface area contributed by atoms with Gasteiger partial charge in [-0.1, -0.05) is 86.1 Å². The predicted molar refractivity (Wildman–Crippen MR) is 136 cm³/mol. The van der Waals surface area contributed by atoms with E-state index in [0.29, 0.717) is 17.7 Å². The van der Waals surface area contributed by atoms with Gasteiger partial charge in [-0.25, -0.2) is 9.78 Å². The fourth-order valence-electron chi connectivity index (χ4n) is 5.84. The molecule has 2 aromatic heterocycles. The summed E-state index contributed by atoms with van der Waals surface area (Å²) in [5.41, 5.74) is 2.24. The molecule has 0 fully saturated rings. The van der Waals surface area contributed by atoms with Gasteiger partial charge in [0.25, 0.3) is 0 Å². The molecule has 186 valence electrons. The number of unbranched alkanes of at least 4 members (excludes halogenated alkanes) is 6. The number of carboxylic acids is 1. The highest BCUT2D eigenvalue weighted by molar-refractivity contribution is 5.86. The molecule has 0 atom stereocenters. The van der Waals surface area contributed by atoms with Gasteiger partial charge in [0.2, 0.25) is 0 Å². The lowest BCUT2D eigenvalue weighted by Gasteiger charge is -2.45. The number of pyridine rings is 1. The molecule has 5 heteroatoms.